The largest absolute Gasteiger partial charge is 0.496 e. The second-order valence-electron chi connectivity index (χ2n) is 5.71. The van der Waals surface area contributed by atoms with Crippen LogP contribution in [0.5, 0.6) is 17.2 Å². The van der Waals surface area contributed by atoms with E-state index in [0.29, 0.717) is 0 Å². The molecule has 114 valence electrons. The van der Waals surface area contributed by atoms with Crippen molar-refractivity contribution >= 4 is 0 Å². The highest BCUT2D eigenvalue weighted by Crippen LogP contribution is 2.36. The van der Waals surface area contributed by atoms with E-state index in [-0.39, 0.29) is 5.41 Å². The lowest BCUT2D eigenvalue weighted by Gasteiger charge is -2.25. The van der Waals surface area contributed by atoms with Gasteiger partial charge in [0.2, 0.25) is 0 Å². The van der Waals surface area contributed by atoms with Crippen LogP contribution in [0.2, 0.25) is 0 Å². The van der Waals surface area contributed by atoms with E-state index in [1.165, 1.54) is 0 Å². The minimum atomic E-state index is 0.227. The van der Waals surface area contributed by atoms with Gasteiger partial charge >= 0.3 is 0 Å². The molecule has 0 saturated carbocycles. The molecule has 0 atom stereocenters. The highest BCUT2D eigenvalue weighted by atomic mass is 16.5. The number of nitrogens with one attached hydrogen (secondary N) is 1. The molecule has 0 spiro atoms. The van der Waals surface area contributed by atoms with Crippen molar-refractivity contribution in [3.8, 4) is 17.2 Å². The molecular formula is C16H27NO3. The molecule has 0 aliphatic heterocycles. The Kier molecular flexibility index (Phi) is 6.14. The Morgan fingerprint density at radius 2 is 1.55 bits per heavy atom. The van der Waals surface area contributed by atoms with E-state index >= 15 is 0 Å². The summed E-state index contributed by atoms with van der Waals surface area (Å²) in [5.74, 6) is 2.39. The monoisotopic (exact) mass is 281 g/mol. The van der Waals surface area contributed by atoms with Gasteiger partial charge in [0.05, 0.1) is 21.3 Å². The molecule has 0 fully saturated rings. The minimum absolute atomic E-state index is 0.227. The van der Waals surface area contributed by atoms with Crippen LogP contribution < -0.4 is 19.5 Å². The fraction of sp³-hybridized carbons (Fsp3) is 0.625. The summed E-state index contributed by atoms with van der Waals surface area (Å²) in [7, 11) is 6.98. The van der Waals surface area contributed by atoms with Gasteiger partial charge in [-0.25, -0.2) is 0 Å². The summed E-state index contributed by atoms with van der Waals surface area (Å²) in [6.45, 7) is 5.49. The number of rotatable bonds is 8. The maximum absolute atomic E-state index is 5.48. The molecule has 1 aromatic carbocycles. The van der Waals surface area contributed by atoms with Gasteiger partial charge in [0, 0.05) is 17.7 Å². The molecule has 1 N–H and O–H groups in total. The van der Waals surface area contributed by atoms with Crippen molar-refractivity contribution in [2.45, 2.75) is 26.7 Å². The first kappa shape index (κ1) is 16.6. The smallest absolute Gasteiger partial charge is 0.129 e. The zero-order valence-electron chi connectivity index (χ0n) is 13.5. The number of hydrogen-bond donors (Lipinski definition) is 1. The Morgan fingerprint density at radius 3 is 1.95 bits per heavy atom. The summed E-state index contributed by atoms with van der Waals surface area (Å²) >= 11 is 0. The van der Waals surface area contributed by atoms with Gasteiger partial charge in [0.1, 0.15) is 17.2 Å². The third kappa shape index (κ3) is 4.30. The summed E-state index contributed by atoms with van der Waals surface area (Å²) < 4.78 is 16.2. The summed E-state index contributed by atoms with van der Waals surface area (Å²) in [6, 6.07) is 3.81. The number of methoxy groups -OCH3 is 3. The lowest BCUT2D eigenvalue weighted by molar-refractivity contribution is 0.316. The molecule has 0 aliphatic carbocycles. The molecule has 0 unspecified atom stereocenters. The Labute approximate surface area is 122 Å². The summed E-state index contributed by atoms with van der Waals surface area (Å²) in [4.78, 5) is 0. The van der Waals surface area contributed by atoms with Crippen molar-refractivity contribution in [3.05, 3.63) is 17.7 Å². The summed E-state index contributed by atoms with van der Waals surface area (Å²) in [5.41, 5.74) is 1.32. The fourth-order valence-corrected chi connectivity index (χ4v) is 2.35. The Morgan fingerprint density at radius 1 is 1.00 bits per heavy atom. The van der Waals surface area contributed by atoms with E-state index in [2.05, 4.69) is 19.2 Å². The lowest BCUT2D eigenvalue weighted by Crippen LogP contribution is -2.27. The Balaban J connectivity index is 2.98. The van der Waals surface area contributed by atoms with Crippen LogP contribution in [0.15, 0.2) is 12.1 Å². The van der Waals surface area contributed by atoms with E-state index in [9.17, 15) is 0 Å². The second kappa shape index (κ2) is 7.39. The molecule has 0 amide bonds. The standard InChI is InChI=1S/C16H27NO3/c1-16(2,11-17-3)8-7-13-14(19-5)9-12(18-4)10-15(13)20-6/h9-10,17H,7-8,11H2,1-6H3. The summed E-state index contributed by atoms with van der Waals surface area (Å²) in [6.07, 6.45) is 1.96. The molecule has 0 bridgehead atoms. The van der Waals surface area contributed by atoms with Crippen LogP contribution in [0.3, 0.4) is 0 Å². The molecule has 1 rings (SSSR count). The quantitative estimate of drug-likeness (QED) is 0.795. The maximum atomic E-state index is 5.48. The van der Waals surface area contributed by atoms with Crippen molar-refractivity contribution in [2.24, 2.45) is 5.41 Å². The van der Waals surface area contributed by atoms with E-state index in [1.54, 1.807) is 21.3 Å². The van der Waals surface area contributed by atoms with Crippen LogP contribution in [0.1, 0.15) is 25.8 Å². The molecular weight excluding hydrogens is 254 g/mol. The molecule has 0 heterocycles. The average molecular weight is 281 g/mol. The van der Waals surface area contributed by atoms with Crippen molar-refractivity contribution < 1.29 is 14.2 Å². The number of hydrogen-bond acceptors (Lipinski definition) is 4. The first-order valence-corrected chi connectivity index (χ1v) is 6.91. The van der Waals surface area contributed by atoms with Gasteiger partial charge < -0.3 is 19.5 Å². The Hall–Kier alpha value is -1.42. The van der Waals surface area contributed by atoms with Crippen molar-refractivity contribution in [1.82, 2.24) is 5.32 Å². The SMILES string of the molecule is CNCC(C)(C)CCc1c(OC)cc(OC)cc1OC. The normalized spacial score (nSPS) is 11.3. The second-order valence-corrected chi connectivity index (χ2v) is 5.71. The molecule has 20 heavy (non-hydrogen) atoms. The van der Waals surface area contributed by atoms with Gasteiger partial charge in [-0.15, -0.1) is 0 Å². The Bertz CT molecular complexity index is 405. The highest BCUT2D eigenvalue weighted by Gasteiger charge is 2.20. The van der Waals surface area contributed by atoms with E-state index in [0.717, 1.165) is 42.2 Å². The molecule has 0 saturated heterocycles. The van der Waals surface area contributed by atoms with Crippen molar-refractivity contribution in [3.63, 3.8) is 0 Å². The average Bonchev–Trinajstić information content (AvgIpc) is 2.44. The zero-order valence-corrected chi connectivity index (χ0v) is 13.5. The van der Waals surface area contributed by atoms with Crippen LogP contribution in [0.4, 0.5) is 0 Å². The fourth-order valence-electron chi connectivity index (χ4n) is 2.35. The van der Waals surface area contributed by atoms with Crippen LogP contribution in [-0.2, 0) is 6.42 Å². The van der Waals surface area contributed by atoms with Crippen LogP contribution in [0.25, 0.3) is 0 Å². The van der Waals surface area contributed by atoms with Crippen molar-refractivity contribution in [1.29, 1.82) is 0 Å². The van der Waals surface area contributed by atoms with E-state index in [4.69, 9.17) is 14.2 Å². The number of benzene rings is 1. The molecule has 0 radical (unpaired) electrons. The van der Waals surface area contributed by atoms with Gasteiger partial charge in [-0.3, -0.25) is 0 Å². The third-order valence-electron chi connectivity index (χ3n) is 3.52. The van der Waals surface area contributed by atoms with Gasteiger partial charge in [-0.2, -0.15) is 0 Å². The first-order chi connectivity index (χ1) is 9.47. The molecule has 4 heteroatoms. The third-order valence-corrected chi connectivity index (χ3v) is 3.52. The van der Waals surface area contributed by atoms with Crippen molar-refractivity contribution in [2.75, 3.05) is 34.9 Å². The predicted molar refractivity (Wildman–Crippen MR) is 82.1 cm³/mol. The molecule has 0 aromatic heterocycles. The van der Waals surface area contributed by atoms with Gasteiger partial charge in [0.25, 0.3) is 0 Å². The summed E-state index contributed by atoms with van der Waals surface area (Å²) in [5, 5.41) is 3.24. The maximum Gasteiger partial charge on any atom is 0.129 e. The molecule has 0 aliphatic rings. The van der Waals surface area contributed by atoms with Gasteiger partial charge in [-0.05, 0) is 31.8 Å². The first-order valence-electron chi connectivity index (χ1n) is 6.91. The van der Waals surface area contributed by atoms with Crippen LogP contribution in [-0.4, -0.2) is 34.9 Å². The van der Waals surface area contributed by atoms with E-state index in [1.807, 2.05) is 19.2 Å². The topological polar surface area (TPSA) is 39.7 Å². The minimum Gasteiger partial charge on any atom is -0.496 e. The predicted octanol–water partition coefficient (Wildman–Crippen LogP) is 2.89. The van der Waals surface area contributed by atoms with Crippen LogP contribution in [0, 0.1) is 5.41 Å². The zero-order chi connectivity index (χ0) is 15.2. The van der Waals surface area contributed by atoms with Gasteiger partial charge in [-0.1, -0.05) is 13.8 Å². The highest BCUT2D eigenvalue weighted by molar-refractivity contribution is 5.50. The van der Waals surface area contributed by atoms with E-state index < -0.39 is 0 Å². The van der Waals surface area contributed by atoms with Gasteiger partial charge in [0.15, 0.2) is 0 Å². The molecule has 1 aromatic rings. The molecule has 4 nitrogen and oxygen atoms in total. The number of ether oxygens (including phenoxy) is 3. The lowest BCUT2D eigenvalue weighted by atomic mass is 9.86. The van der Waals surface area contributed by atoms with Crippen LogP contribution >= 0.6 is 0 Å².